The molecular weight excluding hydrogens is 352 g/mol. The minimum absolute atomic E-state index is 0.102. The zero-order valence-corrected chi connectivity index (χ0v) is 16.7. The molecule has 2 aliphatic rings. The van der Waals surface area contributed by atoms with Crippen LogP contribution >= 0.6 is 0 Å². The second-order valence-electron chi connectivity index (χ2n) is 7.94. The summed E-state index contributed by atoms with van der Waals surface area (Å²) in [7, 11) is 0. The molecule has 0 atom stereocenters. The molecule has 1 aliphatic carbocycles. The molecule has 2 fully saturated rings. The average Bonchev–Trinajstić information content (AvgIpc) is 3.24. The first-order valence-corrected chi connectivity index (χ1v) is 10.7. The summed E-state index contributed by atoms with van der Waals surface area (Å²) >= 11 is 0. The summed E-state index contributed by atoms with van der Waals surface area (Å²) in [5.41, 5.74) is 1.73. The fourth-order valence-corrected chi connectivity index (χ4v) is 4.22. The number of benzene rings is 1. The van der Waals surface area contributed by atoms with Gasteiger partial charge in [-0.3, -0.25) is 4.79 Å². The molecule has 1 N–H and O–H groups in total. The largest absolute Gasteiger partial charge is 0.475 e. The van der Waals surface area contributed by atoms with Crippen molar-refractivity contribution in [2.45, 2.75) is 57.9 Å². The molecule has 28 heavy (non-hydrogen) atoms. The molecular formula is C22H30N4O2. The summed E-state index contributed by atoms with van der Waals surface area (Å²) in [5.74, 6) is 1.75. The van der Waals surface area contributed by atoms with Gasteiger partial charge in [0, 0.05) is 25.0 Å². The monoisotopic (exact) mass is 382 g/mol. The zero-order valence-electron chi connectivity index (χ0n) is 16.7. The fourth-order valence-electron chi connectivity index (χ4n) is 4.22. The Morgan fingerprint density at radius 3 is 2.46 bits per heavy atom. The SMILES string of the molecule is CCCOc1nc2ccccc2nc1N1CCC(C(=O)NC2CCCC2)CC1. The van der Waals surface area contributed by atoms with Crippen molar-refractivity contribution in [2.75, 3.05) is 24.6 Å². The van der Waals surface area contributed by atoms with Gasteiger partial charge in [0.2, 0.25) is 5.91 Å². The number of carbonyl (C=O) groups is 1. The van der Waals surface area contributed by atoms with Gasteiger partial charge in [-0.25, -0.2) is 9.97 Å². The summed E-state index contributed by atoms with van der Waals surface area (Å²) in [4.78, 5) is 24.4. The third-order valence-electron chi connectivity index (χ3n) is 5.83. The van der Waals surface area contributed by atoms with Crippen molar-refractivity contribution in [2.24, 2.45) is 5.92 Å². The molecule has 0 unspecified atom stereocenters. The van der Waals surface area contributed by atoms with Gasteiger partial charge in [-0.05, 0) is 44.2 Å². The number of piperidine rings is 1. The number of fused-ring (bicyclic) bond motifs is 1. The first-order chi connectivity index (χ1) is 13.7. The Morgan fingerprint density at radius 2 is 1.79 bits per heavy atom. The Balaban J connectivity index is 1.45. The molecule has 1 saturated carbocycles. The topological polar surface area (TPSA) is 67.4 Å². The van der Waals surface area contributed by atoms with Crippen LogP contribution in [0, 0.1) is 5.92 Å². The lowest BCUT2D eigenvalue weighted by atomic mass is 9.95. The van der Waals surface area contributed by atoms with Crippen LogP contribution in [0.1, 0.15) is 51.9 Å². The van der Waals surface area contributed by atoms with Crippen LogP contribution in [0.3, 0.4) is 0 Å². The predicted octanol–water partition coefficient (Wildman–Crippen LogP) is 3.69. The maximum absolute atomic E-state index is 12.6. The Kier molecular flexibility index (Phi) is 5.93. The van der Waals surface area contributed by atoms with Gasteiger partial charge in [0.05, 0.1) is 17.6 Å². The van der Waals surface area contributed by atoms with Gasteiger partial charge < -0.3 is 15.0 Å². The molecule has 1 aromatic carbocycles. The summed E-state index contributed by atoms with van der Waals surface area (Å²) in [6.07, 6.45) is 7.37. The van der Waals surface area contributed by atoms with E-state index in [4.69, 9.17) is 14.7 Å². The van der Waals surface area contributed by atoms with E-state index in [0.29, 0.717) is 18.5 Å². The van der Waals surface area contributed by atoms with Gasteiger partial charge in [-0.1, -0.05) is 31.9 Å². The summed E-state index contributed by atoms with van der Waals surface area (Å²) in [6.45, 7) is 4.32. The molecule has 1 aliphatic heterocycles. The Morgan fingerprint density at radius 1 is 1.11 bits per heavy atom. The Hall–Kier alpha value is -2.37. The van der Waals surface area contributed by atoms with Crippen molar-refractivity contribution in [1.82, 2.24) is 15.3 Å². The van der Waals surface area contributed by atoms with Gasteiger partial charge in [-0.2, -0.15) is 0 Å². The van der Waals surface area contributed by atoms with Gasteiger partial charge in [0.15, 0.2) is 5.82 Å². The number of hydrogen-bond donors (Lipinski definition) is 1. The van der Waals surface area contributed by atoms with Crippen molar-refractivity contribution in [1.29, 1.82) is 0 Å². The standard InChI is InChI=1S/C22H30N4O2/c1-2-15-28-22-20(24-18-9-5-6-10-19(18)25-22)26-13-11-16(12-14-26)21(27)23-17-7-3-4-8-17/h5-6,9-10,16-17H,2-4,7-8,11-15H2,1H3,(H,23,27). The predicted molar refractivity (Wildman–Crippen MR) is 111 cm³/mol. The number of rotatable bonds is 6. The Bertz CT molecular complexity index is 811. The lowest BCUT2D eigenvalue weighted by Gasteiger charge is -2.33. The summed E-state index contributed by atoms with van der Waals surface area (Å²) < 4.78 is 5.92. The van der Waals surface area contributed by atoms with Gasteiger partial charge >= 0.3 is 0 Å². The third-order valence-corrected chi connectivity index (χ3v) is 5.83. The van der Waals surface area contributed by atoms with E-state index >= 15 is 0 Å². The van der Waals surface area contributed by atoms with Crippen LogP contribution in [0.2, 0.25) is 0 Å². The van der Waals surface area contributed by atoms with Gasteiger partial charge in [-0.15, -0.1) is 0 Å². The van der Waals surface area contributed by atoms with E-state index in [2.05, 4.69) is 17.1 Å². The van der Waals surface area contributed by atoms with Gasteiger partial charge in [0.1, 0.15) is 0 Å². The number of nitrogens with one attached hydrogen (secondary N) is 1. The van der Waals surface area contributed by atoms with Crippen LogP contribution < -0.4 is 15.0 Å². The van der Waals surface area contributed by atoms with Crippen molar-refractivity contribution < 1.29 is 9.53 Å². The molecule has 150 valence electrons. The van der Waals surface area contributed by atoms with Crippen molar-refractivity contribution >= 4 is 22.8 Å². The molecule has 0 radical (unpaired) electrons. The fraction of sp³-hybridized carbons (Fsp3) is 0.591. The summed E-state index contributed by atoms with van der Waals surface area (Å²) in [6, 6.07) is 8.29. The average molecular weight is 383 g/mol. The molecule has 2 aromatic rings. The Labute approximate surface area is 166 Å². The molecule has 0 bridgehead atoms. The van der Waals surface area contributed by atoms with Crippen molar-refractivity contribution in [3.8, 4) is 5.88 Å². The quantitative estimate of drug-likeness (QED) is 0.825. The van der Waals surface area contributed by atoms with Crippen LogP contribution in [-0.4, -0.2) is 41.6 Å². The van der Waals surface area contributed by atoms with Crippen LogP contribution in [0.25, 0.3) is 11.0 Å². The number of anilines is 1. The maximum Gasteiger partial charge on any atom is 0.258 e. The number of para-hydroxylation sites is 2. The van der Waals surface area contributed by atoms with E-state index in [1.165, 1.54) is 12.8 Å². The molecule has 0 spiro atoms. The molecule has 1 aromatic heterocycles. The number of ether oxygens (including phenoxy) is 1. The van der Waals surface area contributed by atoms with Crippen molar-refractivity contribution in [3.05, 3.63) is 24.3 Å². The normalized spacial score (nSPS) is 18.5. The van der Waals surface area contributed by atoms with Crippen molar-refractivity contribution in [3.63, 3.8) is 0 Å². The number of aromatic nitrogens is 2. The van der Waals surface area contributed by atoms with Crippen LogP contribution in [0.15, 0.2) is 24.3 Å². The number of carbonyl (C=O) groups excluding carboxylic acids is 1. The molecule has 1 amide bonds. The molecule has 2 heterocycles. The van der Waals surface area contributed by atoms with Gasteiger partial charge in [0.25, 0.3) is 5.88 Å². The molecule has 6 heteroatoms. The van der Waals surface area contributed by atoms with E-state index in [9.17, 15) is 4.79 Å². The lowest BCUT2D eigenvalue weighted by molar-refractivity contribution is -0.126. The maximum atomic E-state index is 12.6. The zero-order chi connectivity index (χ0) is 19.3. The second-order valence-corrected chi connectivity index (χ2v) is 7.94. The summed E-state index contributed by atoms with van der Waals surface area (Å²) in [5, 5.41) is 3.26. The third kappa shape index (κ3) is 4.21. The molecule has 6 nitrogen and oxygen atoms in total. The highest BCUT2D eigenvalue weighted by molar-refractivity contribution is 5.80. The second kappa shape index (κ2) is 8.76. The van der Waals surface area contributed by atoms with Crippen LogP contribution in [-0.2, 0) is 4.79 Å². The van der Waals surface area contributed by atoms with E-state index in [1.807, 2.05) is 24.3 Å². The minimum Gasteiger partial charge on any atom is -0.475 e. The van der Waals surface area contributed by atoms with Crippen LogP contribution in [0.4, 0.5) is 5.82 Å². The molecule has 1 saturated heterocycles. The highest BCUT2D eigenvalue weighted by Crippen LogP contribution is 2.31. The number of nitrogens with zero attached hydrogens (tertiary/aromatic N) is 3. The van der Waals surface area contributed by atoms with E-state index in [-0.39, 0.29) is 11.8 Å². The highest BCUT2D eigenvalue weighted by atomic mass is 16.5. The van der Waals surface area contributed by atoms with E-state index in [0.717, 1.165) is 62.0 Å². The van der Waals surface area contributed by atoms with Crippen LogP contribution in [0.5, 0.6) is 5.88 Å². The smallest absolute Gasteiger partial charge is 0.258 e. The van der Waals surface area contributed by atoms with E-state index in [1.54, 1.807) is 0 Å². The number of hydrogen-bond acceptors (Lipinski definition) is 5. The van der Waals surface area contributed by atoms with E-state index < -0.39 is 0 Å². The molecule has 4 rings (SSSR count). The first kappa shape index (κ1) is 19.0. The highest BCUT2D eigenvalue weighted by Gasteiger charge is 2.29. The lowest BCUT2D eigenvalue weighted by Crippen LogP contribution is -2.43. The number of amides is 1. The first-order valence-electron chi connectivity index (χ1n) is 10.7. The minimum atomic E-state index is 0.102.